The fraction of sp³-hybridized carbons (Fsp3) is 0.294. The Morgan fingerprint density at radius 1 is 1.05 bits per heavy atom. The first kappa shape index (κ1) is 13.9. The lowest BCUT2D eigenvalue weighted by molar-refractivity contribution is 0.544. The number of hydrogen-bond acceptors (Lipinski definition) is 1. The summed E-state index contributed by atoms with van der Waals surface area (Å²) in [6.07, 6.45) is 2.13. The Labute approximate surface area is 129 Å². The molecule has 0 amide bonds. The molecule has 0 saturated carbocycles. The summed E-state index contributed by atoms with van der Waals surface area (Å²) in [6.45, 7) is 1.03. The normalized spacial score (nSPS) is 22.1. The molecule has 3 rings (SSSR count). The first-order valence-corrected chi connectivity index (χ1v) is 7.72. The van der Waals surface area contributed by atoms with Crippen molar-refractivity contribution in [3.8, 4) is 0 Å². The highest BCUT2D eigenvalue weighted by Gasteiger charge is 2.29. The summed E-state index contributed by atoms with van der Waals surface area (Å²) in [4.78, 5) is 0. The monoisotopic (exact) mass is 305 g/mol. The third kappa shape index (κ3) is 3.01. The largest absolute Gasteiger partial charge is 0.313 e. The lowest BCUT2D eigenvalue weighted by Crippen LogP contribution is -2.28. The highest BCUT2D eigenvalue weighted by atomic mass is 35.5. The van der Waals surface area contributed by atoms with Crippen LogP contribution in [0.2, 0.25) is 10.0 Å². The number of rotatable bonds is 3. The number of hydrogen-bond donors (Lipinski definition) is 1. The van der Waals surface area contributed by atoms with Gasteiger partial charge in [-0.15, -0.1) is 0 Å². The second-order valence-electron chi connectivity index (χ2n) is 5.31. The van der Waals surface area contributed by atoms with Gasteiger partial charge in [-0.2, -0.15) is 0 Å². The van der Waals surface area contributed by atoms with E-state index in [0.717, 1.165) is 29.4 Å². The molecule has 1 aliphatic rings. The van der Waals surface area contributed by atoms with Crippen LogP contribution >= 0.6 is 23.2 Å². The van der Waals surface area contributed by atoms with Crippen molar-refractivity contribution in [1.82, 2.24) is 5.32 Å². The van der Waals surface area contributed by atoms with Crippen LogP contribution in [0.3, 0.4) is 0 Å². The van der Waals surface area contributed by atoms with Crippen LogP contribution in [-0.2, 0) is 6.42 Å². The van der Waals surface area contributed by atoms with Crippen LogP contribution in [-0.4, -0.2) is 12.6 Å². The second-order valence-corrected chi connectivity index (χ2v) is 6.15. The molecule has 0 bridgehead atoms. The van der Waals surface area contributed by atoms with Crippen LogP contribution in [0.15, 0.2) is 48.5 Å². The second kappa shape index (κ2) is 6.17. The molecule has 1 saturated heterocycles. The molecule has 0 aromatic heterocycles. The van der Waals surface area contributed by atoms with Gasteiger partial charge in [-0.05, 0) is 48.7 Å². The molecule has 0 radical (unpaired) electrons. The summed E-state index contributed by atoms with van der Waals surface area (Å²) >= 11 is 12.5. The van der Waals surface area contributed by atoms with E-state index in [1.807, 2.05) is 18.2 Å². The van der Waals surface area contributed by atoms with Gasteiger partial charge in [-0.1, -0.05) is 53.5 Å². The molecule has 2 atom stereocenters. The molecule has 20 heavy (non-hydrogen) atoms. The molecule has 1 fully saturated rings. The highest BCUT2D eigenvalue weighted by Crippen LogP contribution is 2.35. The maximum Gasteiger partial charge on any atom is 0.0442 e. The van der Waals surface area contributed by atoms with E-state index in [-0.39, 0.29) is 0 Å². The van der Waals surface area contributed by atoms with Gasteiger partial charge < -0.3 is 5.32 Å². The van der Waals surface area contributed by atoms with Crippen LogP contribution in [0.5, 0.6) is 0 Å². The minimum atomic E-state index is 0.424. The van der Waals surface area contributed by atoms with E-state index in [1.165, 1.54) is 11.1 Å². The quantitative estimate of drug-likeness (QED) is 0.868. The maximum atomic E-state index is 6.36. The van der Waals surface area contributed by atoms with Gasteiger partial charge in [0.2, 0.25) is 0 Å². The van der Waals surface area contributed by atoms with Crippen molar-refractivity contribution in [3.05, 3.63) is 69.7 Å². The fourth-order valence-electron chi connectivity index (χ4n) is 3.02. The van der Waals surface area contributed by atoms with Crippen LogP contribution in [0.1, 0.15) is 23.5 Å². The van der Waals surface area contributed by atoms with Gasteiger partial charge in [0, 0.05) is 22.0 Å². The highest BCUT2D eigenvalue weighted by molar-refractivity contribution is 6.33. The van der Waals surface area contributed by atoms with Gasteiger partial charge in [-0.25, -0.2) is 0 Å². The van der Waals surface area contributed by atoms with Crippen molar-refractivity contribution in [2.45, 2.75) is 24.8 Å². The zero-order chi connectivity index (χ0) is 13.9. The first-order valence-electron chi connectivity index (χ1n) is 6.96. The molecule has 1 heterocycles. The van der Waals surface area contributed by atoms with E-state index in [1.54, 1.807) is 0 Å². The summed E-state index contributed by atoms with van der Waals surface area (Å²) in [5, 5.41) is 5.18. The topological polar surface area (TPSA) is 12.0 Å². The average Bonchev–Trinajstić information content (AvgIpc) is 2.91. The number of benzene rings is 2. The Hall–Kier alpha value is -1.02. The summed E-state index contributed by atoms with van der Waals surface area (Å²) in [6, 6.07) is 16.8. The Morgan fingerprint density at radius 2 is 1.85 bits per heavy atom. The van der Waals surface area contributed by atoms with Crippen LogP contribution in [0, 0.1) is 0 Å². The molecule has 0 spiro atoms. The zero-order valence-electron chi connectivity index (χ0n) is 11.2. The molecular weight excluding hydrogens is 289 g/mol. The Morgan fingerprint density at radius 3 is 2.65 bits per heavy atom. The summed E-state index contributed by atoms with van der Waals surface area (Å²) in [5.74, 6) is 0.432. The third-order valence-corrected chi connectivity index (χ3v) is 4.58. The third-order valence-electron chi connectivity index (χ3n) is 4.00. The summed E-state index contributed by atoms with van der Waals surface area (Å²) in [5.41, 5.74) is 2.53. The Kier molecular flexibility index (Phi) is 4.30. The maximum absolute atomic E-state index is 6.36. The van der Waals surface area contributed by atoms with E-state index in [9.17, 15) is 0 Å². The molecule has 1 aliphatic heterocycles. The van der Waals surface area contributed by atoms with Crippen molar-refractivity contribution < 1.29 is 0 Å². The van der Waals surface area contributed by atoms with Crippen molar-refractivity contribution in [2.75, 3.05) is 6.54 Å². The predicted molar refractivity (Wildman–Crippen MR) is 85.8 cm³/mol. The van der Waals surface area contributed by atoms with Gasteiger partial charge in [-0.3, -0.25) is 0 Å². The summed E-state index contributed by atoms with van der Waals surface area (Å²) in [7, 11) is 0. The first-order chi connectivity index (χ1) is 9.74. The molecule has 0 aliphatic carbocycles. The fourth-order valence-corrected chi connectivity index (χ4v) is 3.46. The van der Waals surface area contributed by atoms with Crippen LogP contribution < -0.4 is 5.32 Å². The average molecular weight is 306 g/mol. The van der Waals surface area contributed by atoms with E-state index in [2.05, 4.69) is 35.6 Å². The van der Waals surface area contributed by atoms with Crippen molar-refractivity contribution in [1.29, 1.82) is 0 Å². The van der Waals surface area contributed by atoms with Gasteiger partial charge >= 0.3 is 0 Å². The van der Waals surface area contributed by atoms with Gasteiger partial charge in [0.1, 0.15) is 0 Å². The molecule has 2 aromatic rings. The lowest BCUT2D eigenvalue weighted by atomic mass is 9.88. The molecule has 104 valence electrons. The number of nitrogens with one attached hydrogen (secondary N) is 1. The van der Waals surface area contributed by atoms with Crippen molar-refractivity contribution in [3.63, 3.8) is 0 Å². The van der Waals surface area contributed by atoms with Gasteiger partial charge in [0.05, 0.1) is 0 Å². The van der Waals surface area contributed by atoms with E-state index < -0.39 is 0 Å². The standard InChI is InChI=1S/C17H17Cl2N/c18-13-6-7-16(19)15(11-13)14-8-9-20-17(14)10-12-4-2-1-3-5-12/h1-7,11,14,17,20H,8-10H2. The van der Waals surface area contributed by atoms with Crippen LogP contribution in [0.4, 0.5) is 0 Å². The Bertz CT molecular complexity index is 583. The SMILES string of the molecule is Clc1ccc(Cl)c(C2CCNC2Cc2ccccc2)c1. The number of halogens is 2. The zero-order valence-corrected chi connectivity index (χ0v) is 12.7. The van der Waals surface area contributed by atoms with Gasteiger partial charge in [0.25, 0.3) is 0 Å². The van der Waals surface area contributed by atoms with E-state index in [0.29, 0.717) is 12.0 Å². The van der Waals surface area contributed by atoms with Crippen molar-refractivity contribution in [2.24, 2.45) is 0 Å². The lowest BCUT2D eigenvalue weighted by Gasteiger charge is -2.21. The molecule has 3 heteroatoms. The Balaban J connectivity index is 1.83. The van der Waals surface area contributed by atoms with Crippen LogP contribution in [0.25, 0.3) is 0 Å². The molecule has 2 aromatic carbocycles. The minimum absolute atomic E-state index is 0.424. The molecule has 1 N–H and O–H groups in total. The molecule has 2 unspecified atom stereocenters. The van der Waals surface area contributed by atoms with Gasteiger partial charge in [0.15, 0.2) is 0 Å². The van der Waals surface area contributed by atoms with E-state index >= 15 is 0 Å². The predicted octanol–water partition coefficient (Wildman–Crippen LogP) is 4.68. The van der Waals surface area contributed by atoms with Crippen molar-refractivity contribution >= 4 is 23.2 Å². The summed E-state index contributed by atoms with van der Waals surface area (Å²) < 4.78 is 0. The molecule has 1 nitrogen and oxygen atoms in total. The molecular formula is C17H17Cl2N. The smallest absolute Gasteiger partial charge is 0.0442 e. The minimum Gasteiger partial charge on any atom is -0.313 e. The van der Waals surface area contributed by atoms with E-state index in [4.69, 9.17) is 23.2 Å².